The van der Waals surface area contributed by atoms with Crippen LogP contribution in [0, 0.1) is 0 Å². The standard InChI is InChI=1S/C13H13F3NP/c1-2-8-5-10(7-18)17-12-6-9(13(14,15)16)3-4-11(8)12/h3-6H,2,7,18H2,1H3. The van der Waals surface area contributed by atoms with E-state index in [1.54, 1.807) is 0 Å². The monoisotopic (exact) mass is 271 g/mol. The summed E-state index contributed by atoms with van der Waals surface area (Å²) in [7, 11) is 2.54. The lowest BCUT2D eigenvalue weighted by molar-refractivity contribution is -0.137. The fourth-order valence-corrected chi connectivity index (χ4v) is 2.14. The second-order valence-electron chi connectivity index (χ2n) is 4.06. The van der Waals surface area contributed by atoms with Gasteiger partial charge in [0.15, 0.2) is 0 Å². The maximum atomic E-state index is 12.6. The molecule has 2 aromatic rings. The second-order valence-corrected chi connectivity index (χ2v) is 4.47. The van der Waals surface area contributed by atoms with Gasteiger partial charge in [0.2, 0.25) is 0 Å². The van der Waals surface area contributed by atoms with Crippen molar-refractivity contribution in [3.05, 3.63) is 41.1 Å². The van der Waals surface area contributed by atoms with Crippen LogP contribution < -0.4 is 0 Å². The third-order valence-electron chi connectivity index (χ3n) is 2.87. The van der Waals surface area contributed by atoms with Gasteiger partial charge in [-0.1, -0.05) is 13.0 Å². The van der Waals surface area contributed by atoms with Crippen molar-refractivity contribution < 1.29 is 13.2 Å². The van der Waals surface area contributed by atoms with Crippen molar-refractivity contribution in [1.29, 1.82) is 0 Å². The zero-order chi connectivity index (χ0) is 13.3. The van der Waals surface area contributed by atoms with Crippen molar-refractivity contribution in [1.82, 2.24) is 4.98 Å². The minimum Gasteiger partial charge on any atom is -0.252 e. The molecule has 1 aromatic carbocycles. The van der Waals surface area contributed by atoms with Crippen molar-refractivity contribution >= 4 is 20.1 Å². The molecule has 96 valence electrons. The maximum Gasteiger partial charge on any atom is 0.416 e. The molecule has 0 aliphatic heterocycles. The van der Waals surface area contributed by atoms with Gasteiger partial charge in [-0.3, -0.25) is 4.98 Å². The molecule has 0 saturated heterocycles. The number of fused-ring (bicyclic) bond motifs is 1. The number of pyridine rings is 1. The number of aromatic nitrogens is 1. The Morgan fingerprint density at radius 2 is 1.94 bits per heavy atom. The minimum absolute atomic E-state index is 0.418. The highest BCUT2D eigenvalue weighted by molar-refractivity contribution is 7.15. The first-order chi connectivity index (χ1) is 8.45. The van der Waals surface area contributed by atoms with Crippen molar-refractivity contribution in [2.45, 2.75) is 25.7 Å². The lowest BCUT2D eigenvalue weighted by Crippen LogP contribution is -2.05. The van der Waals surface area contributed by atoms with Crippen LogP contribution in [0.2, 0.25) is 0 Å². The molecule has 1 nitrogen and oxygen atoms in total. The van der Waals surface area contributed by atoms with Gasteiger partial charge in [-0.2, -0.15) is 13.2 Å². The van der Waals surface area contributed by atoms with Crippen molar-refractivity contribution in [2.24, 2.45) is 0 Å². The lowest BCUT2D eigenvalue weighted by atomic mass is 10.0. The van der Waals surface area contributed by atoms with Gasteiger partial charge in [-0.15, -0.1) is 9.24 Å². The largest absolute Gasteiger partial charge is 0.416 e. The minimum atomic E-state index is -4.32. The SMILES string of the molecule is CCc1cc(CP)nc2cc(C(F)(F)F)ccc12. The molecule has 0 aliphatic carbocycles. The predicted molar refractivity (Wildman–Crippen MR) is 69.5 cm³/mol. The molecule has 1 heterocycles. The molecule has 0 amide bonds. The van der Waals surface area contributed by atoms with E-state index in [1.807, 2.05) is 13.0 Å². The van der Waals surface area contributed by atoms with Gasteiger partial charge in [-0.05, 0) is 30.2 Å². The Bertz CT molecular complexity index is 578. The van der Waals surface area contributed by atoms with Gasteiger partial charge >= 0.3 is 6.18 Å². The summed E-state index contributed by atoms with van der Waals surface area (Å²) in [5.41, 5.74) is 1.60. The van der Waals surface area contributed by atoms with Crippen LogP contribution in [0.3, 0.4) is 0 Å². The van der Waals surface area contributed by atoms with Gasteiger partial charge < -0.3 is 0 Å². The molecule has 5 heteroatoms. The van der Waals surface area contributed by atoms with E-state index in [-0.39, 0.29) is 0 Å². The van der Waals surface area contributed by atoms with Gasteiger partial charge in [0.05, 0.1) is 11.1 Å². The molecule has 1 unspecified atom stereocenters. The predicted octanol–water partition coefficient (Wildman–Crippen LogP) is 4.19. The second kappa shape index (κ2) is 4.85. The summed E-state index contributed by atoms with van der Waals surface area (Å²) in [5.74, 6) is 0. The van der Waals surface area contributed by atoms with Crippen LogP contribution in [0.4, 0.5) is 13.2 Å². The molecular weight excluding hydrogens is 258 g/mol. The van der Waals surface area contributed by atoms with Crippen LogP contribution in [-0.2, 0) is 18.8 Å². The maximum absolute atomic E-state index is 12.6. The van der Waals surface area contributed by atoms with Crippen LogP contribution in [0.1, 0.15) is 23.7 Å². The van der Waals surface area contributed by atoms with E-state index >= 15 is 0 Å². The van der Waals surface area contributed by atoms with Crippen LogP contribution >= 0.6 is 9.24 Å². The quantitative estimate of drug-likeness (QED) is 0.746. The van der Waals surface area contributed by atoms with Gasteiger partial charge in [-0.25, -0.2) is 0 Å². The smallest absolute Gasteiger partial charge is 0.252 e. The van der Waals surface area contributed by atoms with Crippen LogP contribution in [0.15, 0.2) is 24.3 Å². The number of aryl methyl sites for hydroxylation is 1. The molecule has 0 spiro atoms. The van der Waals surface area contributed by atoms with E-state index in [2.05, 4.69) is 14.2 Å². The van der Waals surface area contributed by atoms with Crippen LogP contribution in [0.5, 0.6) is 0 Å². The van der Waals surface area contributed by atoms with Gasteiger partial charge in [0.25, 0.3) is 0 Å². The first-order valence-electron chi connectivity index (χ1n) is 5.65. The zero-order valence-corrected chi connectivity index (χ0v) is 11.0. The van der Waals surface area contributed by atoms with E-state index in [1.165, 1.54) is 6.07 Å². The van der Waals surface area contributed by atoms with E-state index in [9.17, 15) is 13.2 Å². The summed E-state index contributed by atoms with van der Waals surface area (Å²) in [6.45, 7) is 1.99. The summed E-state index contributed by atoms with van der Waals surface area (Å²) in [4.78, 5) is 4.26. The normalized spacial score (nSPS) is 12.1. The van der Waals surface area contributed by atoms with E-state index in [0.29, 0.717) is 11.7 Å². The Kier molecular flexibility index (Phi) is 3.58. The molecule has 2 rings (SSSR count). The molecule has 18 heavy (non-hydrogen) atoms. The molecule has 1 atom stereocenters. The Hall–Kier alpha value is -1.15. The van der Waals surface area contributed by atoms with Gasteiger partial charge in [0, 0.05) is 17.2 Å². The molecular formula is C13H13F3NP. The number of alkyl halides is 3. The molecule has 0 saturated carbocycles. The summed E-state index contributed by atoms with van der Waals surface area (Å²) < 4.78 is 37.9. The molecule has 0 radical (unpaired) electrons. The Balaban J connectivity index is 2.68. The molecule has 0 N–H and O–H groups in total. The lowest BCUT2D eigenvalue weighted by Gasteiger charge is -2.10. The first-order valence-corrected chi connectivity index (χ1v) is 6.47. The third-order valence-corrected chi connectivity index (χ3v) is 3.28. The first kappa shape index (κ1) is 13.3. The fraction of sp³-hybridized carbons (Fsp3) is 0.308. The van der Waals surface area contributed by atoms with Crippen LogP contribution in [0.25, 0.3) is 10.9 Å². The van der Waals surface area contributed by atoms with E-state index < -0.39 is 11.7 Å². The Morgan fingerprint density at radius 3 is 2.50 bits per heavy atom. The van der Waals surface area contributed by atoms with Gasteiger partial charge in [0.1, 0.15) is 0 Å². The molecule has 1 aromatic heterocycles. The fourth-order valence-electron chi connectivity index (χ4n) is 1.93. The highest BCUT2D eigenvalue weighted by Crippen LogP contribution is 2.32. The Morgan fingerprint density at radius 1 is 1.22 bits per heavy atom. The average Bonchev–Trinajstić information content (AvgIpc) is 2.35. The molecule has 0 bridgehead atoms. The Labute approximate surface area is 106 Å². The summed E-state index contributed by atoms with van der Waals surface area (Å²) in [5, 5.41) is 0.799. The summed E-state index contributed by atoms with van der Waals surface area (Å²) >= 11 is 0. The number of nitrogens with zero attached hydrogens (tertiary/aromatic N) is 1. The average molecular weight is 271 g/mol. The number of hydrogen-bond acceptors (Lipinski definition) is 1. The number of halogens is 3. The van der Waals surface area contributed by atoms with E-state index in [4.69, 9.17) is 0 Å². The number of hydrogen-bond donors (Lipinski definition) is 0. The summed E-state index contributed by atoms with van der Waals surface area (Å²) in [6.07, 6.45) is -2.90. The molecule has 0 aliphatic rings. The number of rotatable bonds is 2. The summed E-state index contributed by atoms with van der Waals surface area (Å²) in [6, 6.07) is 5.70. The topological polar surface area (TPSA) is 12.9 Å². The highest BCUT2D eigenvalue weighted by Gasteiger charge is 2.30. The van der Waals surface area contributed by atoms with Crippen molar-refractivity contribution in [3.63, 3.8) is 0 Å². The number of benzene rings is 1. The highest BCUT2D eigenvalue weighted by atomic mass is 31.0. The molecule has 0 fully saturated rings. The van der Waals surface area contributed by atoms with Crippen molar-refractivity contribution in [3.8, 4) is 0 Å². The van der Waals surface area contributed by atoms with Crippen molar-refractivity contribution in [2.75, 3.05) is 0 Å². The third kappa shape index (κ3) is 2.49. The van der Waals surface area contributed by atoms with E-state index in [0.717, 1.165) is 35.2 Å². The van der Waals surface area contributed by atoms with Crippen LogP contribution in [-0.4, -0.2) is 4.98 Å². The zero-order valence-electron chi connectivity index (χ0n) is 9.88.